The number of esters is 1. The molecule has 0 radical (unpaired) electrons. The van der Waals surface area contributed by atoms with E-state index in [4.69, 9.17) is 4.74 Å². The Hall–Kier alpha value is -4.46. The maximum absolute atomic E-state index is 12.6. The summed E-state index contributed by atoms with van der Waals surface area (Å²) in [5.74, 6) is -1.03. The second kappa shape index (κ2) is 11.3. The molecule has 3 aromatic rings. The highest BCUT2D eigenvalue weighted by atomic mass is 16.5. The first-order valence-corrected chi connectivity index (χ1v) is 11.7. The van der Waals surface area contributed by atoms with E-state index in [1.165, 1.54) is 13.0 Å². The van der Waals surface area contributed by atoms with Crippen molar-refractivity contribution in [3.8, 4) is 5.75 Å². The number of carbonyl (C=O) groups excluding carboxylic acids is 4. The SMILES string of the molecule is CC(=O)Oc1cccc(C(=O)Nc2ccc(CNC(=O)C3CC(=O)N(Cc4ccccc4)C3)cc2)c1. The van der Waals surface area contributed by atoms with E-state index in [-0.39, 0.29) is 30.1 Å². The maximum Gasteiger partial charge on any atom is 0.308 e. The summed E-state index contributed by atoms with van der Waals surface area (Å²) in [6.45, 7) is 2.53. The molecular formula is C28H27N3O5. The Morgan fingerprint density at radius 3 is 2.42 bits per heavy atom. The molecule has 1 aliphatic rings. The summed E-state index contributed by atoms with van der Waals surface area (Å²) in [6, 6.07) is 23.2. The molecule has 0 spiro atoms. The zero-order valence-electron chi connectivity index (χ0n) is 19.9. The number of benzene rings is 3. The molecule has 8 nitrogen and oxygen atoms in total. The lowest BCUT2D eigenvalue weighted by atomic mass is 10.1. The zero-order valence-corrected chi connectivity index (χ0v) is 19.9. The summed E-state index contributed by atoms with van der Waals surface area (Å²) in [5.41, 5.74) is 2.85. The van der Waals surface area contributed by atoms with Crippen LogP contribution in [0.25, 0.3) is 0 Å². The van der Waals surface area contributed by atoms with Crippen molar-refractivity contribution in [1.82, 2.24) is 10.2 Å². The molecule has 2 N–H and O–H groups in total. The Morgan fingerprint density at radius 1 is 0.944 bits per heavy atom. The fourth-order valence-corrected chi connectivity index (χ4v) is 4.01. The van der Waals surface area contributed by atoms with Crippen LogP contribution in [0, 0.1) is 5.92 Å². The van der Waals surface area contributed by atoms with Crippen LogP contribution in [0.4, 0.5) is 5.69 Å². The van der Waals surface area contributed by atoms with Gasteiger partial charge in [-0.3, -0.25) is 19.2 Å². The summed E-state index contributed by atoms with van der Waals surface area (Å²) in [7, 11) is 0. The van der Waals surface area contributed by atoms with Crippen molar-refractivity contribution in [3.63, 3.8) is 0 Å². The Labute approximate surface area is 209 Å². The first-order chi connectivity index (χ1) is 17.4. The molecular weight excluding hydrogens is 458 g/mol. The van der Waals surface area contributed by atoms with Crippen LogP contribution < -0.4 is 15.4 Å². The topological polar surface area (TPSA) is 105 Å². The highest BCUT2D eigenvalue weighted by Gasteiger charge is 2.34. The van der Waals surface area contributed by atoms with E-state index in [0.29, 0.717) is 36.6 Å². The van der Waals surface area contributed by atoms with Crippen molar-refractivity contribution in [2.75, 3.05) is 11.9 Å². The van der Waals surface area contributed by atoms with Crippen LogP contribution in [0.2, 0.25) is 0 Å². The second-order valence-corrected chi connectivity index (χ2v) is 8.65. The van der Waals surface area contributed by atoms with Crippen LogP contribution in [-0.2, 0) is 27.5 Å². The van der Waals surface area contributed by atoms with Crippen molar-refractivity contribution >= 4 is 29.4 Å². The van der Waals surface area contributed by atoms with Gasteiger partial charge in [0, 0.05) is 44.2 Å². The van der Waals surface area contributed by atoms with Gasteiger partial charge in [-0.2, -0.15) is 0 Å². The van der Waals surface area contributed by atoms with Crippen LogP contribution in [-0.4, -0.2) is 35.1 Å². The molecule has 3 aromatic carbocycles. The molecule has 3 amide bonds. The number of carbonyl (C=O) groups is 4. The van der Waals surface area contributed by atoms with Gasteiger partial charge in [-0.25, -0.2) is 0 Å². The number of ether oxygens (including phenoxy) is 1. The fraction of sp³-hybridized carbons (Fsp3) is 0.214. The van der Waals surface area contributed by atoms with E-state index >= 15 is 0 Å². The molecule has 0 saturated carbocycles. The number of hydrogen-bond acceptors (Lipinski definition) is 5. The van der Waals surface area contributed by atoms with E-state index < -0.39 is 5.97 Å². The third-order valence-corrected chi connectivity index (χ3v) is 5.84. The third kappa shape index (κ3) is 6.56. The smallest absolute Gasteiger partial charge is 0.308 e. The van der Waals surface area contributed by atoms with Crippen molar-refractivity contribution in [2.24, 2.45) is 5.92 Å². The van der Waals surface area contributed by atoms with Crippen molar-refractivity contribution < 1.29 is 23.9 Å². The molecule has 0 aliphatic carbocycles. The van der Waals surface area contributed by atoms with Crippen LogP contribution in [0.1, 0.15) is 34.8 Å². The maximum atomic E-state index is 12.6. The van der Waals surface area contributed by atoms with E-state index in [1.807, 2.05) is 42.5 Å². The molecule has 0 aromatic heterocycles. The molecule has 8 heteroatoms. The normalized spacial score (nSPS) is 14.9. The van der Waals surface area contributed by atoms with E-state index in [9.17, 15) is 19.2 Å². The van der Waals surface area contributed by atoms with Crippen LogP contribution >= 0.6 is 0 Å². The van der Waals surface area contributed by atoms with E-state index in [2.05, 4.69) is 10.6 Å². The summed E-state index contributed by atoms with van der Waals surface area (Å²) in [6.07, 6.45) is 0.211. The summed E-state index contributed by atoms with van der Waals surface area (Å²) in [5, 5.41) is 5.70. The zero-order chi connectivity index (χ0) is 25.5. The van der Waals surface area contributed by atoms with Crippen LogP contribution in [0.5, 0.6) is 5.75 Å². The molecule has 36 heavy (non-hydrogen) atoms. The highest BCUT2D eigenvalue weighted by Crippen LogP contribution is 2.21. The van der Waals surface area contributed by atoms with E-state index in [0.717, 1.165) is 11.1 Å². The Kier molecular flexibility index (Phi) is 7.75. The van der Waals surface area contributed by atoms with Gasteiger partial charge >= 0.3 is 5.97 Å². The lowest BCUT2D eigenvalue weighted by Gasteiger charge is -2.16. The van der Waals surface area contributed by atoms with Gasteiger partial charge in [0.25, 0.3) is 5.91 Å². The summed E-state index contributed by atoms with van der Waals surface area (Å²) in [4.78, 5) is 50.4. The number of hydrogen-bond donors (Lipinski definition) is 2. The lowest BCUT2D eigenvalue weighted by Crippen LogP contribution is -2.32. The van der Waals surface area contributed by atoms with E-state index in [1.54, 1.807) is 35.2 Å². The Morgan fingerprint density at radius 2 is 1.69 bits per heavy atom. The van der Waals surface area contributed by atoms with Gasteiger partial charge in [0.2, 0.25) is 11.8 Å². The van der Waals surface area contributed by atoms with Crippen molar-refractivity contribution in [1.29, 1.82) is 0 Å². The molecule has 0 bridgehead atoms. The molecule has 1 heterocycles. The monoisotopic (exact) mass is 485 g/mol. The fourth-order valence-electron chi connectivity index (χ4n) is 4.01. The molecule has 1 unspecified atom stereocenters. The molecule has 184 valence electrons. The minimum absolute atomic E-state index is 0.0162. The largest absolute Gasteiger partial charge is 0.427 e. The predicted molar refractivity (Wildman–Crippen MR) is 134 cm³/mol. The molecule has 1 fully saturated rings. The quantitative estimate of drug-likeness (QED) is 0.375. The highest BCUT2D eigenvalue weighted by molar-refractivity contribution is 6.04. The van der Waals surface area contributed by atoms with Crippen LogP contribution in [0.3, 0.4) is 0 Å². The van der Waals surface area contributed by atoms with Gasteiger partial charge in [-0.15, -0.1) is 0 Å². The van der Waals surface area contributed by atoms with Gasteiger partial charge in [0.05, 0.1) is 5.92 Å². The van der Waals surface area contributed by atoms with Gasteiger partial charge in [0.15, 0.2) is 0 Å². The lowest BCUT2D eigenvalue weighted by molar-refractivity contribution is -0.132. The van der Waals surface area contributed by atoms with Crippen molar-refractivity contribution in [2.45, 2.75) is 26.4 Å². The van der Waals surface area contributed by atoms with Gasteiger partial charge < -0.3 is 20.3 Å². The minimum atomic E-state index is -0.459. The first-order valence-electron chi connectivity index (χ1n) is 11.7. The van der Waals surface area contributed by atoms with Crippen molar-refractivity contribution in [3.05, 3.63) is 95.6 Å². The Balaban J connectivity index is 1.26. The first kappa shape index (κ1) is 24.7. The van der Waals surface area contributed by atoms with Gasteiger partial charge in [-0.05, 0) is 41.5 Å². The van der Waals surface area contributed by atoms with Crippen LogP contribution in [0.15, 0.2) is 78.9 Å². The summed E-state index contributed by atoms with van der Waals surface area (Å²) >= 11 is 0. The molecule has 1 atom stereocenters. The van der Waals surface area contributed by atoms with Gasteiger partial charge in [-0.1, -0.05) is 48.5 Å². The standard InChI is InChI=1S/C28H27N3O5/c1-19(32)36-25-9-5-8-22(14-25)28(35)30-24-12-10-20(11-13-24)16-29-27(34)23-15-26(33)31(18-23)17-21-6-3-2-4-7-21/h2-14,23H,15-18H2,1H3,(H,29,34)(H,30,35). The number of anilines is 1. The number of amides is 3. The van der Waals surface area contributed by atoms with Gasteiger partial charge in [0.1, 0.15) is 5.75 Å². The third-order valence-electron chi connectivity index (χ3n) is 5.84. The second-order valence-electron chi connectivity index (χ2n) is 8.65. The minimum Gasteiger partial charge on any atom is -0.427 e. The molecule has 1 aliphatic heterocycles. The molecule has 4 rings (SSSR count). The average molecular weight is 486 g/mol. The number of nitrogens with zero attached hydrogens (tertiary/aromatic N) is 1. The number of rotatable bonds is 8. The number of likely N-dealkylation sites (tertiary alicyclic amines) is 1. The Bertz CT molecular complexity index is 1260. The predicted octanol–water partition coefficient (Wildman–Crippen LogP) is 3.53. The average Bonchev–Trinajstić information content (AvgIpc) is 3.24. The molecule has 1 saturated heterocycles. The summed E-state index contributed by atoms with van der Waals surface area (Å²) < 4.78 is 5.02. The number of nitrogens with one attached hydrogen (secondary N) is 2.